The van der Waals surface area contributed by atoms with Crippen molar-refractivity contribution in [1.29, 1.82) is 0 Å². The average molecular weight is 348 g/mol. The van der Waals surface area contributed by atoms with E-state index >= 15 is 0 Å². The van der Waals surface area contributed by atoms with Crippen LogP contribution in [-0.2, 0) is 16.0 Å². The van der Waals surface area contributed by atoms with Crippen LogP contribution in [0.25, 0.3) is 22.0 Å². The molecule has 0 saturated carbocycles. The Hall–Kier alpha value is -2.70. The Morgan fingerprint density at radius 3 is 2.81 bits per heavy atom. The molecule has 0 unspecified atom stereocenters. The average Bonchev–Trinajstić information content (AvgIpc) is 2.69. The van der Waals surface area contributed by atoms with Gasteiger partial charge in [-0.3, -0.25) is 14.7 Å². The van der Waals surface area contributed by atoms with Gasteiger partial charge in [0, 0.05) is 42.1 Å². The summed E-state index contributed by atoms with van der Waals surface area (Å²) in [5.74, 6) is 0.184. The Morgan fingerprint density at radius 1 is 1.12 bits per heavy atom. The van der Waals surface area contributed by atoms with Gasteiger partial charge in [-0.2, -0.15) is 10.2 Å². The molecular formula is C20H20N4O2. The molecule has 132 valence electrons. The summed E-state index contributed by atoms with van der Waals surface area (Å²) in [6.45, 7) is 3.50. The second kappa shape index (κ2) is 7.68. The minimum absolute atomic E-state index is 0.184. The number of carbonyl (C=O) groups excluding carboxylic acids is 1. The van der Waals surface area contributed by atoms with Crippen LogP contribution in [0.3, 0.4) is 0 Å². The van der Waals surface area contributed by atoms with Crippen molar-refractivity contribution >= 4 is 16.6 Å². The number of hydrogen-bond acceptors (Lipinski definition) is 6. The van der Waals surface area contributed by atoms with Crippen LogP contribution in [-0.4, -0.2) is 58.7 Å². The summed E-state index contributed by atoms with van der Waals surface area (Å²) in [4.78, 5) is 19.0. The zero-order chi connectivity index (χ0) is 17.8. The zero-order valence-electron chi connectivity index (χ0n) is 14.5. The molecule has 0 aliphatic carbocycles. The number of morpholine rings is 1. The summed E-state index contributed by atoms with van der Waals surface area (Å²) >= 11 is 0. The predicted molar refractivity (Wildman–Crippen MR) is 98.7 cm³/mol. The van der Waals surface area contributed by atoms with Crippen LogP contribution in [0.5, 0.6) is 0 Å². The molecule has 1 aliphatic heterocycles. The summed E-state index contributed by atoms with van der Waals surface area (Å²) in [5.41, 5.74) is 2.63. The monoisotopic (exact) mass is 348 g/mol. The fraction of sp³-hybridized carbons (Fsp3) is 0.300. The van der Waals surface area contributed by atoms with Crippen molar-refractivity contribution in [3.8, 4) is 11.3 Å². The van der Waals surface area contributed by atoms with Crippen molar-refractivity contribution in [2.45, 2.75) is 6.42 Å². The summed E-state index contributed by atoms with van der Waals surface area (Å²) in [6.07, 6.45) is 3.84. The molecule has 1 fully saturated rings. The third-order valence-corrected chi connectivity index (χ3v) is 4.53. The van der Waals surface area contributed by atoms with Crippen molar-refractivity contribution in [2.24, 2.45) is 0 Å². The molecule has 2 aromatic heterocycles. The van der Waals surface area contributed by atoms with E-state index in [1.165, 1.54) is 0 Å². The fourth-order valence-corrected chi connectivity index (χ4v) is 3.16. The molecule has 0 spiro atoms. The molecule has 3 aromatic rings. The highest BCUT2D eigenvalue weighted by Crippen LogP contribution is 2.22. The fourth-order valence-electron chi connectivity index (χ4n) is 3.16. The SMILES string of the molecule is O=C(Cc1cc2cc(-c3cccnn3)ccc2cn1)CN1CCOCC1. The number of fused-ring (bicyclic) bond motifs is 1. The minimum atomic E-state index is 0.184. The van der Waals surface area contributed by atoms with Crippen molar-refractivity contribution < 1.29 is 9.53 Å². The highest BCUT2D eigenvalue weighted by molar-refractivity contribution is 5.88. The van der Waals surface area contributed by atoms with Crippen LogP contribution in [0, 0.1) is 0 Å². The Balaban J connectivity index is 1.51. The Labute approximate surface area is 151 Å². The van der Waals surface area contributed by atoms with E-state index in [0.29, 0.717) is 26.2 Å². The van der Waals surface area contributed by atoms with Crippen LogP contribution in [0.1, 0.15) is 5.69 Å². The molecule has 3 heterocycles. The summed E-state index contributed by atoms with van der Waals surface area (Å²) in [5, 5.41) is 10.2. The number of pyridine rings is 1. The molecule has 6 heteroatoms. The largest absolute Gasteiger partial charge is 0.379 e. The van der Waals surface area contributed by atoms with E-state index in [1.807, 2.05) is 36.5 Å². The number of nitrogens with zero attached hydrogens (tertiary/aromatic N) is 4. The summed E-state index contributed by atoms with van der Waals surface area (Å²) in [6, 6.07) is 11.9. The van der Waals surface area contributed by atoms with Gasteiger partial charge in [-0.05, 0) is 29.7 Å². The van der Waals surface area contributed by atoms with Crippen LogP contribution in [0.2, 0.25) is 0 Å². The maximum absolute atomic E-state index is 12.4. The molecule has 0 radical (unpaired) electrons. The quantitative estimate of drug-likeness (QED) is 0.704. The second-order valence-electron chi connectivity index (χ2n) is 6.45. The molecule has 0 N–H and O–H groups in total. The van der Waals surface area contributed by atoms with E-state index < -0.39 is 0 Å². The molecular weight excluding hydrogens is 328 g/mol. The van der Waals surface area contributed by atoms with Crippen molar-refractivity contribution in [1.82, 2.24) is 20.1 Å². The number of ether oxygens (including phenoxy) is 1. The van der Waals surface area contributed by atoms with Gasteiger partial charge in [0.1, 0.15) is 0 Å². The Morgan fingerprint density at radius 2 is 2.00 bits per heavy atom. The van der Waals surface area contributed by atoms with Gasteiger partial charge >= 0.3 is 0 Å². The first-order valence-electron chi connectivity index (χ1n) is 8.76. The first-order valence-corrected chi connectivity index (χ1v) is 8.76. The number of aromatic nitrogens is 3. The van der Waals surface area contributed by atoms with Gasteiger partial charge in [-0.25, -0.2) is 0 Å². The zero-order valence-corrected chi connectivity index (χ0v) is 14.5. The lowest BCUT2D eigenvalue weighted by Gasteiger charge is -2.25. The molecule has 6 nitrogen and oxygen atoms in total. The smallest absolute Gasteiger partial charge is 0.152 e. The van der Waals surface area contributed by atoms with Gasteiger partial charge in [0.05, 0.1) is 31.9 Å². The third kappa shape index (κ3) is 3.92. The van der Waals surface area contributed by atoms with Crippen LogP contribution >= 0.6 is 0 Å². The standard InChI is InChI=1S/C20H20N4O2/c25-19(14-24-6-8-26-9-7-24)12-18-11-17-10-15(3-4-16(17)13-21-18)20-2-1-5-22-23-20/h1-5,10-11,13H,6-9,12,14H2. The van der Waals surface area contributed by atoms with Gasteiger partial charge in [-0.15, -0.1) is 0 Å². The number of benzene rings is 1. The maximum Gasteiger partial charge on any atom is 0.152 e. The number of hydrogen-bond donors (Lipinski definition) is 0. The van der Waals surface area contributed by atoms with Crippen molar-refractivity contribution in [3.05, 3.63) is 54.5 Å². The van der Waals surface area contributed by atoms with E-state index in [1.54, 1.807) is 6.20 Å². The van der Waals surface area contributed by atoms with E-state index in [-0.39, 0.29) is 5.78 Å². The lowest BCUT2D eigenvalue weighted by atomic mass is 10.0. The summed E-state index contributed by atoms with van der Waals surface area (Å²) < 4.78 is 5.32. The van der Waals surface area contributed by atoms with E-state index in [9.17, 15) is 4.79 Å². The number of ketones is 1. The maximum atomic E-state index is 12.4. The lowest BCUT2D eigenvalue weighted by molar-refractivity contribution is -0.120. The van der Waals surface area contributed by atoms with Gasteiger partial charge in [0.25, 0.3) is 0 Å². The molecule has 1 saturated heterocycles. The first kappa shape index (κ1) is 16.8. The van der Waals surface area contributed by atoms with E-state index in [2.05, 4.69) is 26.1 Å². The normalized spacial score (nSPS) is 15.2. The van der Waals surface area contributed by atoms with E-state index in [4.69, 9.17) is 4.74 Å². The highest BCUT2D eigenvalue weighted by Gasteiger charge is 2.15. The van der Waals surface area contributed by atoms with Gasteiger partial charge in [0.2, 0.25) is 0 Å². The number of carbonyl (C=O) groups is 1. The van der Waals surface area contributed by atoms with Gasteiger partial charge < -0.3 is 4.74 Å². The molecule has 4 rings (SSSR count). The molecule has 26 heavy (non-hydrogen) atoms. The van der Waals surface area contributed by atoms with E-state index in [0.717, 1.165) is 40.8 Å². The molecule has 0 amide bonds. The Kier molecular flexibility index (Phi) is 4.95. The third-order valence-electron chi connectivity index (χ3n) is 4.53. The predicted octanol–water partition coefficient (Wildman–Crippen LogP) is 2.14. The molecule has 0 atom stereocenters. The van der Waals surface area contributed by atoms with Crippen molar-refractivity contribution in [3.63, 3.8) is 0 Å². The first-order chi connectivity index (χ1) is 12.8. The van der Waals surface area contributed by atoms with Crippen molar-refractivity contribution in [2.75, 3.05) is 32.8 Å². The van der Waals surface area contributed by atoms with Crippen LogP contribution in [0.15, 0.2) is 48.8 Å². The summed E-state index contributed by atoms with van der Waals surface area (Å²) in [7, 11) is 0. The topological polar surface area (TPSA) is 68.2 Å². The number of rotatable bonds is 5. The minimum Gasteiger partial charge on any atom is -0.379 e. The highest BCUT2D eigenvalue weighted by atomic mass is 16.5. The lowest BCUT2D eigenvalue weighted by Crippen LogP contribution is -2.39. The number of Topliss-reactive ketones (excluding diaryl/α,β-unsaturated/α-hetero) is 1. The molecule has 1 aromatic carbocycles. The molecule has 1 aliphatic rings. The van der Waals surface area contributed by atoms with Gasteiger partial charge in [0.15, 0.2) is 5.78 Å². The second-order valence-corrected chi connectivity index (χ2v) is 6.45. The molecule has 0 bridgehead atoms. The Bertz CT molecular complexity index is 908. The van der Waals surface area contributed by atoms with Crippen LogP contribution in [0.4, 0.5) is 0 Å². The van der Waals surface area contributed by atoms with Gasteiger partial charge in [-0.1, -0.05) is 12.1 Å². The van der Waals surface area contributed by atoms with Crippen LogP contribution < -0.4 is 0 Å².